The summed E-state index contributed by atoms with van der Waals surface area (Å²) in [5.41, 5.74) is 15.0. The number of anilines is 2. The summed E-state index contributed by atoms with van der Waals surface area (Å²) in [6, 6.07) is 15.0. The van der Waals surface area contributed by atoms with Gasteiger partial charge in [-0.05, 0) is 23.8 Å². The van der Waals surface area contributed by atoms with E-state index in [-0.39, 0.29) is 0 Å². The van der Waals surface area contributed by atoms with Crippen LogP contribution in [0.25, 0.3) is 11.3 Å². The maximum absolute atomic E-state index is 6.28. The monoisotopic (exact) mass is 332 g/mol. The van der Waals surface area contributed by atoms with Crippen LogP contribution in [0.5, 0.6) is 0 Å². The Balaban J connectivity index is 2.07. The number of nitrogen functional groups attached to an aromatic ring is 2. The van der Waals surface area contributed by atoms with Crippen molar-refractivity contribution < 1.29 is 0 Å². The Morgan fingerprint density at radius 1 is 0.955 bits per heavy atom. The first-order valence-electron chi connectivity index (χ1n) is 6.67. The Labute approximate surface area is 138 Å². The van der Waals surface area contributed by atoms with E-state index in [0.717, 1.165) is 16.8 Å². The lowest BCUT2D eigenvalue weighted by Crippen LogP contribution is -2.05. The molecule has 0 bridgehead atoms. The summed E-state index contributed by atoms with van der Waals surface area (Å²) in [5.74, 6) is 0.295. The molecule has 0 aliphatic rings. The lowest BCUT2D eigenvalue weighted by molar-refractivity contribution is 0.698. The molecule has 0 saturated carbocycles. The van der Waals surface area contributed by atoms with Crippen LogP contribution >= 0.6 is 23.2 Å². The van der Waals surface area contributed by atoms with Crippen molar-refractivity contribution >= 4 is 34.7 Å². The number of rotatable bonds is 3. The molecule has 0 unspecified atom stereocenters. The molecule has 0 aliphatic carbocycles. The van der Waals surface area contributed by atoms with Gasteiger partial charge in [0.2, 0.25) is 0 Å². The summed E-state index contributed by atoms with van der Waals surface area (Å²) in [6.07, 6.45) is 0. The zero-order valence-electron chi connectivity index (χ0n) is 11.6. The van der Waals surface area contributed by atoms with Gasteiger partial charge in [0, 0.05) is 10.6 Å². The number of aromatic nitrogens is 2. The van der Waals surface area contributed by atoms with Gasteiger partial charge in [0.25, 0.3) is 0 Å². The lowest BCUT2D eigenvalue weighted by Gasteiger charge is -2.10. The Bertz CT molecular complexity index is 810. The number of hydrogen-bond acceptors (Lipinski definition) is 3. The number of halogens is 2. The van der Waals surface area contributed by atoms with Gasteiger partial charge in [-0.1, -0.05) is 53.5 Å². The molecule has 22 heavy (non-hydrogen) atoms. The molecule has 0 fully saturated rings. The second-order valence-corrected chi connectivity index (χ2v) is 5.76. The van der Waals surface area contributed by atoms with Crippen LogP contribution in [0, 0.1) is 0 Å². The Hall–Kier alpha value is -2.17. The highest BCUT2D eigenvalue weighted by Gasteiger charge is 2.17. The van der Waals surface area contributed by atoms with Crippen molar-refractivity contribution in [3.8, 4) is 11.3 Å². The van der Waals surface area contributed by atoms with Crippen LogP contribution in [0.4, 0.5) is 11.5 Å². The maximum atomic E-state index is 6.28. The zero-order chi connectivity index (χ0) is 15.7. The third-order valence-corrected chi connectivity index (χ3v) is 3.97. The first-order valence-corrected chi connectivity index (χ1v) is 7.43. The molecule has 2 aromatic carbocycles. The summed E-state index contributed by atoms with van der Waals surface area (Å²) >= 11 is 12.2. The number of benzene rings is 2. The summed E-state index contributed by atoms with van der Waals surface area (Å²) in [4.78, 5) is 0. The molecule has 3 rings (SSSR count). The number of hydrogen-bond donors (Lipinski definition) is 2. The van der Waals surface area contributed by atoms with Crippen molar-refractivity contribution in [2.24, 2.45) is 0 Å². The topological polar surface area (TPSA) is 69.9 Å². The van der Waals surface area contributed by atoms with E-state index in [4.69, 9.17) is 34.7 Å². The summed E-state index contributed by atoms with van der Waals surface area (Å²) in [7, 11) is 0. The second-order valence-electron chi connectivity index (χ2n) is 4.91. The third-order valence-electron chi connectivity index (χ3n) is 3.39. The molecule has 0 atom stereocenters. The molecule has 0 amide bonds. The Morgan fingerprint density at radius 2 is 1.64 bits per heavy atom. The van der Waals surface area contributed by atoms with Crippen LogP contribution in [0.15, 0.2) is 48.5 Å². The SMILES string of the molecule is Nc1nn(Cc2ccc(Cl)cc2)c(-c2ccccc2Cl)c1N. The number of nitrogens with zero attached hydrogens (tertiary/aromatic N) is 2. The first kappa shape index (κ1) is 14.8. The van der Waals surface area contributed by atoms with Gasteiger partial charge in [-0.25, -0.2) is 0 Å². The average Bonchev–Trinajstić information content (AvgIpc) is 2.77. The molecule has 1 aromatic heterocycles. The van der Waals surface area contributed by atoms with Gasteiger partial charge in [0.05, 0.1) is 17.3 Å². The van der Waals surface area contributed by atoms with Gasteiger partial charge in [-0.3, -0.25) is 4.68 Å². The van der Waals surface area contributed by atoms with E-state index in [2.05, 4.69) is 5.10 Å². The molecule has 0 saturated heterocycles. The smallest absolute Gasteiger partial charge is 0.169 e. The highest BCUT2D eigenvalue weighted by molar-refractivity contribution is 6.33. The molecule has 112 valence electrons. The predicted molar refractivity (Wildman–Crippen MR) is 92.1 cm³/mol. The lowest BCUT2D eigenvalue weighted by atomic mass is 10.1. The van der Waals surface area contributed by atoms with E-state index in [0.29, 0.717) is 28.1 Å². The van der Waals surface area contributed by atoms with Gasteiger partial charge in [-0.15, -0.1) is 0 Å². The minimum atomic E-state index is 0.295. The summed E-state index contributed by atoms with van der Waals surface area (Å²) in [6.45, 7) is 0.527. The Kier molecular flexibility index (Phi) is 3.96. The van der Waals surface area contributed by atoms with E-state index in [1.54, 1.807) is 4.68 Å². The maximum Gasteiger partial charge on any atom is 0.169 e. The van der Waals surface area contributed by atoms with E-state index < -0.39 is 0 Å². The van der Waals surface area contributed by atoms with Crippen molar-refractivity contribution in [3.63, 3.8) is 0 Å². The average molecular weight is 333 g/mol. The fourth-order valence-corrected chi connectivity index (χ4v) is 2.66. The molecule has 0 spiro atoms. The van der Waals surface area contributed by atoms with Gasteiger partial charge in [0.15, 0.2) is 5.82 Å². The molecule has 1 heterocycles. The molecule has 6 heteroatoms. The molecule has 0 aliphatic heterocycles. The first-order chi connectivity index (χ1) is 10.6. The molecule has 0 radical (unpaired) electrons. The van der Waals surface area contributed by atoms with E-state index >= 15 is 0 Å². The van der Waals surface area contributed by atoms with Crippen LogP contribution in [0.3, 0.4) is 0 Å². The van der Waals surface area contributed by atoms with Crippen LogP contribution < -0.4 is 11.5 Å². The van der Waals surface area contributed by atoms with Crippen molar-refractivity contribution in [3.05, 3.63) is 64.1 Å². The highest BCUT2D eigenvalue weighted by atomic mass is 35.5. The van der Waals surface area contributed by atoms with Gasteiger partial charge in [-0.2, -0.15) is 5.10 Å². The van der Waals surface area contributed by atoms with Crippen LogP contribution in [0.1, 0.15) is 5.56 Å². The van der Waals surface area contributed by atoms with Crippen molar-refractivity contribution in [2.45, 2.75) is 6.54 Å². The van der Waals surface area contributed by atoms with E-state index in [1.165, 1.54) is 0 Å². The molecular formula is C16H14Cl2N4. The van der Waals surface area contributed by atoms with Crippen molar-refractivity contribution in [1.82, 2.24) is 9.78 Å². The van der Waals surface area contributed by atoms with Crippen molar-refractivity contribution in [2.75, 3.05) is 11.5 Å². The van der Waals surface area contributed by atoms with Gasteiger partial charge in [0.1, 0.15) is 5.69 Å². The normalized spacial score (nSPS) is 10.8. The second kappa shape index (κ2) is 5.91. The van der Waals surface area contributed by atoms with Crippen LogP contribution in [-0.4, -0.2) is 9.78 Å². The molecule has 4 nitrogen and oxygen atoms in total. The standard InChI is InChI=1S/C16H14Cl2N4/c17-11-7-5-10(6-8-11)9-22-15(14(19)16(20)21-22)12-3-1-2-4-13(12)18/h1-8H,9,19H2,(H2,20,21). The minimum Gasteiger partial charge on any atom is -0.394 e. The van der Waals surface area contributed by atoms with Crippen LogP contribution in [0.2, 0.25) is 10.0 Å². The fourth-order valence-electron chi connectivity index (χ4n) is 2.31. The predicted octanol–water partition coefficient (Wildman–Crippen LogP) is 4.07. The fraction of sp³-hybridized carbons (Fsp3) is 0.0625. The minimum absolute atomic E-state index is 0.295. The Morgan fingerprint density at radius 3 is 2.32 bits per heavy atom. The van der Waals surface area contributed by atoms with E-state index in [1.807, 2.05) is 48.5 Å². The molecular weight excluding hydrogens is 319 g/mol. The largest absolute Gasteiger partial charge is 0.394 e. The zero-order valence-corrected chi connectivity index (χ0v) is 13.1. The highest BCUT2D eigenvalue weighted by Crippen LogP contribution is 2.35. The van der Waals surface area contributed by atoms with Crippen LogP contribution in [-0.2, 0) is 6.54 Å². The molecule has 4 N–H and O–H groups in total. The quantitative estimate of drug-likeness (QED) is 0.759. The van der Waals surface area contributed by atoms with Crippen molar-refractivity contribution in [1.29, 1.82) is 0 Å². The summed E-state index contributed by atoms with van der Waals surface area (Å²) in [5, 5.41) is 5.62. The van der Waals surface area contributed by atoms with Gasteiger partial charge < -0.3 is 11.5 Å². The third kappa shape index (κ3) is 2.75. The summed E-state index contributed by atoms with van der Waals surface area (Å²) < 4.78 is 1.76. The van der Waals surface area contributed by atoms with E-state index in [9.17, 15) is 0 Å². The molecule has 3 aromatic rings. The number of nitrogens with two attached hydrogens (primary N) is 2. The van der Waals surface area contributed by atoms with Gasteiger partial charge >= 0.3 is 0 Å².